The normalized spacial score (nSPS) is 23.6. The van der Waals surface area contributed by atoms with Crippen molar-refractivity contribution in [1.82, 2.24) is 10.2 Å². The van der Waals surface area contributed by atoms with Crippen LogP contribution in [0.2, 0.25) is 0 Å². The highest BCUT2D eigenvalue weighted by Crippen LogP contribution is 2.38. The predicted molar refractivity (Wildman–Crippen MR) is 73.4 cm³/mol. The molecular formula is C12H14BrFN4. The molecule has 4 nitrogen and oxygen atoms in total. The number of nitrogens with zero attached hydrogens (tertiary/aromatic N) is 2. The molecule has 2 N–H and O–H groups in total. The Morgan fingerprint density at radius 2 is 2.11 bits per heavy atom. The average Bonchev–Trinajstić information content (AvgIpc) is 2.43. The molecule has 2 aliphatic heterocycles. The van der Waals surface area contributed by atoms with E-state index in [1.807, 2.05) is 0 Å². The summed E-state index contributed by atoms with van der Waals surface area (Å²) in [7, 11) is 0. The highest BCUT2D eigenvalue weighted by molar-refractivity contribution is 9.10. The lowest BCUT2D eigenvalue weighted by molar-refractivity contribution is 0.176. The summed E-state index contributed by atoms with van der Waals surface area (Å²) in [5.74, 6) is -0.207. The number of fused-ring (bicyclic) bond motifs is 1. The van der Waals surface area contributed by atoms with Crippen LogP contribution < -0.4 is 10.6 Å². The van der Waals surface area contributed by atoms with Crippen molar-refractivity contribution >= 4 is 28.0 Å². The molecule has 0 saturated carbocycles. The SMILES string of the molecule is Fc1ccc(Br)c2c1C(N1CCNCC1)N=CN2. The van der Waals surface area contributed by atoms with Gasteiger partial charge >= 0.3 is 0 Å². The quantitative estimate of drug-likeness (QED) is 0.832. The Bertz CT molecular complexity index is 485. The van der Waals surface area contributed by atoms with Gasteiger partial charge in [-0.2, -0.15) is 0 Å². The zero-order chi connectivity index (χ0) is 12.5. The molecule has 1 aromatic carbocycles. The second-order valence-corrected chi connectivity index (χ2v) is 5.25. The van der Waals surface area contributed by atoms with Gasteiger partial charge in [0.1, 0.15) is 12.0 Å². The summed E-state index contributed by atoms with van der Waals surface area (Å²) in [4.78, 5) is 6.59. The smallest absolute Gasteiger partial charge is 0.134 e. The minimum absolute atomic E-state index is 0.207. The summed E-state index contributed by atoms with van der Waals surface area (Å²) in [5, 5.41) is 6.31. The largest absolute Gasteiger partial charge is 0.345 e. The molecule has 0 aliphatic carbocycles. The molecular weight excluding hydrogens is 299 g/mol. The molecule has 1 atom stereocenters. The third-order valence-electron chi connectivity index (χ3n) is 3.32. The Morgan fingerprint density at radius 1 is 1.33 bits per heavy atom. The number of rotatable bonds is 1. The van der Waals surface area contributed by atoms with Crippen molar-refractivity contribution in [2.24, 2.45) is 4.99 Å². The van der Waals surface area contributed by atoms with Gasteiger partial charge in [-0.05, 0) is 28.1 Å². The maximum absolute atomic E-state index is 14.1. The molecule has 1 unspecified atom stereocenters. The summed E-state index contributed by atoms with van der Waals surface area (Å²) < 4.78 is 14.9. The molecule has 1 saturated heterocycles. The summed E-state index contributed by atoms with van der Waals surface area (Å²) >= 11 is 3.45. The fraction of sp³-hybridized carbons (Fsp3) is 0.417. The van der Waals surface area contributed by atoms with Crippen LogP contribution in [0.4, 0.5) is 10.1 Å². The van der Waals surface area contributed by atoms with E-state index < -0.39 is 0 Å². The number of piperazine rings is 1. The van der Waals surface area contributed by atoms with Gasteiger partial charge in [-0.3, -0.25) is 9.89 Å². The van der Waals surface area contributed by atoms with Gasteiger partial charge in [-0.15, -0.1) is 0 Å². The van der Waals surface area contributed by atoms with Gasteiger partial charge in [-0.1, -0.05) is 0 Å². The van der Waals surface area contributed by atoms with E-state index >= 15 is 0 Å². The molecule has 0 amide bonds. The summed E-state index contributed by atoms with van der Waals surface area (Å²) in [5.41, 5.74) is 1.42. The second-order valence-electron chi connectivity index (χ2n) is 4.40. The first-order valence-electron chi connectivity index (χ1n) is 5.98. The molecule has 3 rings (SSSR count). The fourth-order valence-corrected chi connectivity index (χ4v) is 2.88. The Labute approximate surface area is 113 Å². The second kappa shape index (κ2) is 4.95. The van der Waals surface area contributed by atoms with Crippen LogP contribution in [-0.4, -0.2) is 37.4 Å². The minimum atomic E-state index is -0.221. The monoisotopic (exact) mass is 312 g/mol. The molecule has 0 radical (unpaired) electrons. The van der Waals surface area contributed by atoms with Crippen molar-refractivity contribution in [3.63, 3.8) is 0 Å². The number of aliphatic imine (C=N–C) groups is 1. The van der Waals surface area contributed by atoms with E-state index in [2.05, 4.69) is 36.5 Å². The summed E-state index contributed by atoms with van der Waals surface area (Å²) in [6.45, 7) is 3.61. The van der Waals surface area contributed by atoms with Gasteiger partial charge in [-0.25, -0.2) is 4.39 Å². The van der Waals surface area contributed by atoms with Crippen LogP contribution in [0.25, 0.3) is 0 Å². The molecule has 6 heteroatoms. The Morgan fingerprint density at radius 3 is 2.89 bits per heavy atom. The van der Waals surface area contributed by atoms with E-state index in [4.69, 9.17) is 0 Å². The van der Waals surface area contributed by atoms with Gasteiger partial charge < -0.3 is 10.6 Å². The number of benzene rings is 1. The predicted octanol–water partition coefficient (Wildman–Crippen LogP) is 1.95. The van der Waals surface area contributed by atoms with Crippen LogP contribution in [0, 0.1) is 5.82 Å². The molecule has 2 aliphatic rings. The Kier molecular flexibility index (Phi) is 3.32. The van der Waals surface area contributed by atoms with Crippen LogP contribution in [0.5, 0.6) is 0 Å². The van der Waals surface area contributed by atoms with Gasteiger partial charge in [0, 0.05) is 30.7 Å². The fourth-order valence-electron chi connectivity index (χ4n) is 2.42. The van der Waals surface area contributed by atoms with Gasteiger partial charge in [0.25, 0.3) is 0 Å². The van der Waals surface area contributed by atoms with Crippen molar-refractivity contribution in [3.8, 4) is 0 Å². The van der Waals surface area contributed by atoms with Gasteiger partial charge in [0.2, 0.25) is 0 Å². The highest BCUT2D eigenvalue weighted by Gasteiger charge is 2.29. The Hall–Kier alpha value is -0.980. The first kappa shape index (κ1) is 12.1. The standard InChI is InChI=1S/C12H14BrFN4/c13-8-1-2-9(14)10-11(8)16-7-17-12(10)18-5-3-15-4-6-18/h1-2,7,12,15H,3-6H2,(H,16,17). The topological polar surface area (TPSA) is 39.7 Å². The first-order chi connectivity index (χ1) is 8.77. The number of anilines is 1. The zero-order valence-corrected chi connectivity index (χ0v) is 11.4. The van der Waals surface area contributed by atoms with Gasteiger partial charge in [0.15, 0.2) is 0 Å². The molecule has 18 heavy (non-hydrogen) atoms. The molecule has 1 aromatic rings. The molecule has 0 spiro atoms. The van der Waals surface area contributed by atoms with Crippen LogP contribution in [0.1, 0.15) is 11.7 Å². The van der Waals surface area contributed by atoms with Crippen LogP contribution in [-0.2, 0) is 0 Å². The molecule has 0 bridgehead atoms. The molecule has 0 aromatic heterocycles. The van der Waals surface area contributed by atoms with Crippen LogP contribution in [0.3, 0.4) is 0 Å². The van der Waals surface area contributed by atoms with Gasteiger partial charge in [0.05, 0.1) is 17.6 Å². The summed E-state index contributed by atoms with van der Waals surface area (Å²) in [6, 6.07) is 3.20. The molecule has 96 valence electrons. The lowest BCUT2D eigenvalue weighted by Crippen LogP contribution is -2.45. The molecule has 1 fully saturated rings. The number of nitrogens with one attached hydrogen (secondary N) is 2. The lowest BCUT2D eigenvalue weighted by atomic mass is 10.1. The number of hydrogen-bond donors (Lipinski definition) is 2. The average molecular weight is 313 g/mol. The number of halogens is 2. The maximum atomic E-state index is 14.1. The van der Waals surface area contributed by atoms with Crippen molar-refractivity contribution in [2.45, 2.75) is 6.17 Å². The Balaban J connectivity index is 2.00. The third kappa shape index (κ3) is 2.04. The maximum Gasteiger partial charge on any atom is 0.134 e. The van der Waals surface area contributed by atoms with Crippen molar-refractivity contribution in [3.05, 3.63) is 28.0 Å². The number of hydrogen-bond acceptors (Lipinski definition) is 4. The van der Waals surface area contributed by atoms with Crippen LogP contribution in [0.15, 0.2) is 21.6 Å². The van der Waals surface area contributed by atoms with E-state index in [9.17, 15) is 4.39 Å². The van der Waals surface area contributed by atoms with Crippen molar-refractivity contribution in [2.75, 3.05) is 31.5 Å². The minimum Gasteiger partial charge on any atom is -0.345 e. The third-order valence-corrected chi connectivity index (χ3v) is 3.98. The van der Waals surface area contributed by atoms with E-state index in [0.717, 1.165) is 36.3 Å². The van der Waals surface area contributed by atoms with Crippen LogP contribution >= 0.6 is 15.9 Å². The van der Waals surface area contributed by atoms with E-state index in [-0.39, 0.29) is 12.0 Å². The first-order valence-corrected chi connectivity index (χ1v) is 6.77. The zero-order valence-electron chi connectivity index (χ0n) is 9.79. The van der Waals surface area contributed by atoms with Crippen molar-refractivity contribution in [1.29, 1.82) is 0 Å². The van der Waals surface area contributed by atoms with Crippen molar-refractivity contribution < 1.29 is 4.39 Å². The van der Waals surface area contributed by atoms with E-state index in [1.165, 1.54) is 6.07 Å². The van der Waals surface area contributed by atoms with E-state index in [1.54, 1.807) is 12.4 Å². The summed E-state index contributed by atoms with van der Waals surface area (Å²) in [6.07, 6.45) is 1.43. The highest BCUT2D eigenvalue weighted by atomic mass is 79.9. The lowest BCUT2D eigenvalue weighted by Gasteiger charge is -2.35. The van der Waals surface area contributed by atoms with E-state index in [0.29, 0.717) is 5.56 Å². The molecule has 2 heterocycles.